The lowest BCUT2D eigenvalue weighted by atomic mass is 9.79. The van der Waals surface area contributed by atoms with E-state index in [1.807, 2.05) is 12.3 Å². The van der Waals surface area contributed by atoms with Crippen LogP contribution in [0.5, 0.6) is 0 Å². The van der Waals surface area contributed by atoms with Gasteiger partial charge in [-0.3, -0.25) is 9.98 Å². The van der Waals surface area contributed by atoms with Crippen LogP contribution in [-0.4, -0.2) is 22.2 Å². The Morgan fingerprint density at radius 3 is 2.28 bits per heavy atom. The lowest BCUT2D eigenvalue weighted by Crippen LogP contribution is -2.22. The van der Waals surface area contributed by atoms with Crippen molar-refractivity contribution >= 4 is 22.9 Å². The molecule has 43 heavy (non-hydrogen) atoms. The summed E-state index contributed by atoms with van der Waals surface area (Å²) in [6.45, 7) is 2.30. The number of allylic oxidation sites excluding steroid dienone is 7. The molecular formula is C40H37N3. The highest BCUT2D eigenvalue weighted by Gasteiger charge is 2.27. The number of rotatable bonds is 6. The van der Waals surface area contributed by atoms with Gasteiger partial charge in [-0.05, 0) is 96.4 Å². The molecule has 0 amide bonds. The van der Waals surface area contributed by atoms with Crippen LogP contribution in [0.15, 0.2) is 126 Å². The van der Waals surface area contributed by atoms with Crippen molar-refractivity contribution in [2.75, 3.05) is 0 Å². The summed E-state index contributed by atoms with van der Waals surface area (Å²) in [6, 6.07) is 30.3. The molecule has 3 heterocycles. The summed E-state index contributed by atoms with van der Waals surface area (Å²) in [5, 5.41) is 0. The van der Waals surface area contributed by atoms with Crippen molar-refractivity contribution in [1.82, 2.24) is 9.97 Å². The fraction of sp³-hybridized carbons (Fsp3) is 0.225. The van der Waals surface area contributed by atoms with Gasteiger partial charge >= 0.3 is 0 Å². The molecule has 2 aromatic heterocycles. The predicted octanol–water partition coefficient (Wildman–Crippen LogP) is 9.90. The zero-order valence-electron chi connectivity index (χ0n) is 24.7. The first-order valence-corrected chi connectivity index (χ1v) is 15.6. The van der Waals surface area contributed by atoms with Gasteiger partial charge in [0.05, 0.1) is 23.1 Å². The maximum Gasteiger partial charge on any atom is 0.0715 e. The highest BCUT2D eigenvalue weighted by Crippen LogP contribution is 2.40. The van der Waals surface area contributed by atoms with E-state index in [0.29, 0.717) is 17.9 Å². The smallest absolute Gasteiger partial charge is 0.0715 e. The molecule has 0 bridgehead atoms. The third-order valence-corrected chi connectivity index (χ3v) is 8.96. The Morgan fingerprint density at radius 2 is 1.56 bits per heavy atom. The van der Waals surface area contributed by atoms with Crippen LogP contribution in [0.25, 0.3) is 39.1 Å². The van der Waals surface area contributed by atoms with Gasteiger partial charge in [0.1, 0.15) is 0 Å². The van der Waals surface area contributed by atoms with E-state index in [-0.39, 0.29) is 0 Å². The van der Waals surface area contributed by atoms with Crippen LogP contribution >= 0.6 is 0 Å². The van der Waals surface area contributed by atoms with E-state index in [0.717, 1.165) is 53.9 Å². The second-order valence-corrected chi connectivity index (χ2v) is 12.0. The molecule has 0 saturated heterocycles. The highest BCUT2D eigenvalue weighted by molar-refractivity contribution is 5.87. The molecule has 1 aliphatic heterocycles. The Hall–Kier alpha value is -4.63. The second-order valence-electron chi connectivity index (χ2n) is 12.0. The predicted molar refractivity (Wildman–Crippen MR) is 180 cm³/mol. The van der Waals surface area contributed by atoms with Gasteiger partial charge in [-0.15, -0.1) is 0 Å². The van der Waals surface area contributed by atoms with Crippen molar-refractivity contribution < 1.29 is 0 Å². The SMILES string of the molecule is CC1CC=CC=C1c1cc(C2=CC(c3ccc(-c4ccccc4)cn3)=CC(C3CCCC=N3)C2)cc(-c2ccccc2)n1. The van der Waals surface area contributed by atoms with Gasteiger partial charge in [0.2, 0.25) is 0 Å². The van der Waals surface area contributed by atoms with Crippen LogP contribution in [0, 0.1) is 11.8 Å². The van der Waals surface area contributed by atoms with E-state index in [9.17, 15) is 0 Å². The van der Waals surface area contributed by atoms with Gasteiger partial charge < -0.3 is 0 Å². The Morgan fingerprint density at radius 1 is 0.767 bits per heavy atom. The van der Waals surface area contributed by atoms with Crippen molar-refractivity contribution in [3.05, 3.63) is 138 Å². The van der Waals surface area contributed by atoms with Crippen LogP contribution in [0.2, 0.25) is 0 Å². The number of aliphatic imine (C=N–C) groups is 1. The van der Waals surface area contributed by atoms with Gasteiger partial charge in [0.15, 0.2) is 0 Å². The summed E-state index contributed by atoms with van der Waals surface area (Å²) >= 11 is 0. The quantitative estimate of drug-likeness (QED) is 0.236. The largest absolute Gasteiger partial charge is 0.294 e. The summed E-state index contributed by atoms with van der Waals surface area (Å²) in [5.74, 6) is 0.763. The van der Waals surface area contributed by atoms with Crippen molar-refractivity contribution in [3.63, 3.8) is 0 Å². The first-order chi connectivity index (χ1) is 21.2. The van der Waals surface area contributed by atoms with E-state index < -0.39 is 0 Å². The molecule has 0 N–H and O–H groups in total. The van der Waals surface area contributed by atoms with E-state index >= 15 is 0 Å². The number of nitrogens with zero attached hydrogens (tertiary/aromatic N) is 3. The van der Waals surface area contributed by atoms with E-state index in [1.54, 1.807) is 0 Å². The fourth-order valence-corrected chi connectivity index (χ4v) is 6.54. The molecule has 0 radical (unpaired) electrons. The molecule has 3 heteroatoms. The van der Waals surface area contributed by atoms with Gasteiger partial charge in [0, 0.05) is 23.2 Å². The summed E-state index contributed by atoms with van der Waals surface area (Å²) in [6.07, 6.45) is 21.0. The number of pyridine rings is 2. The summed E-state index contributed by atoms with van der Waals surface area (Å²) < 4.78 is 0. The molecule has 2 aliphatic carbocycles. The molecule has 7 rings (SSSR count). The molecule has 0 spiro atoms. The minimum Gasteiger partial charge on any atom is -0.294 e. The summed E-state index contributed by atoms with van der Waals surface area (Å²) in [7, 11) is 0. The van der Waals surface area contributed by atoms with E-state index in [2.05, 4.69) is 122 Å². The van der Waals surface area contributed by atoms with Crippen molar-refractivity contribution in [1.29, 1.82) is 0 Å². The van der Waals surface area contributed by atoms with E-state index in [1.165, 1.54) is 34.3 Å². The molecular weight excluding hydrogens is 522 g/mol. The lowest BCUT2D eigenvalue weighted by molar-refractivity contribution is 0.460. The average molecular weight is 560 g/mol. The van der Waals surface area contributed by atoms with Gasteiger partial charge in [-0.1, -0.05) is 98.0 Å². The third-order valence-electron chi connectivity index (χ3n) is 8.96. The standard InChI is InChI=1S/C40H37N3/c1-28-12-8-9-17-36(28)40-26-33(25-39(43-40)30-15-6-3-7-16-30)32-22-34(37-18-10-11-21-41-37)24-35(23-32)38-20-19-31(27-42-38)29-13-4-2-5-14-29/h2-9,13-17,19-21,23-28,34,37H,10-12,18,22H2,1H3. The summed E-state index contributed by atoms with van der Waals surface area (Å²) in [4.78, 5) is 15.2. The zero-order chi connectivity index (χ0) is 29.0. The van der Waals surface area contributed by atoms with Crippen LogP contribution in [0.3, 0.4) is 0 Å². The average Bonchev–Trinajstić information content (AvgIpc) is 3.09. The van der Waals surface area contributed by atoms with Crippen molar-refractivity contribution in [2.45, 2.75) is 45.1 Å². The fourth-order valence-electron chi connectivity index (χ4n) is 6.54. The van der Waals surface area contributed by atoms with E-state index in [4.69, 9.17) is 15.0 Å². The Kier molecular flexibility index (Phi) is 7.79. The molecule has 0 fully saturated rings. The van der Waals surface area contributed by atoms with Crippen LogP contribution in [0.1, 0.15) is 56.0 Å². The number of hydrogen-bond donors (Lipinski definition) is 0. The molecule has 212 valence electrons. The lowest BCUT2D eigenvalue weighted by Gasteiger charge is -2.29. The number of aromatic nitrogens is 2. The highest BCUT2D eigenvalue weighted by atomic mass is 14.8. The van der Waals surface area contributed by atoms with Crippen LogP contribution in [-0.2, 0) is 0 Å². The van der Waals surface area contributed by atoms with Gasteiger partial charge in [-0.25, -0.2) is 4.98 Å². The molecule has 3 aliphatic rings. The molecule has 4 aromatic rings. The number of hydrogen-bond acceptors (Lipinski definition) is 3. The zero-order valence-corrected chi connectivity index (χ0v) is 24.7. The van der Waals surface area contributed by atoms with Crippen LogP contribution < -0.4 is 0 Å². The maximum atomic E-state index is 5.22. The third kappa shape index (κ3) is 5.99. The molecule has 0 saturated carbocycles. The monoisotopic (exact) mass is 559 g/mol. The number of benzene rings is 2. The first kappa shape index (κ1) is 27.2. The Balaban J connectivity index is 1.32. The Bertz CT molecular complexity index is 1740. The van der Waals surface area contributed by atoms with Crippen LogP contribution in [0.4, 0.5) is 0 Å². The summed E-state index contributed by atoms with van der Waals surface area (Å²) in [5.41, 5.74) is 11.6. The molecule has 2 aromatic carbocycles. The Labute approximate surface area is 255 Å². The minimum atomic E-state index is 0.303. The topological polar surface area (TPSA) is 38.1 Å². The first-order valence-electron chi connectivity index (χ1n) is 15.6. The normalized spacial score (nSPS) is 21.6. The molecule has 3 unspecified atom stereocenters. The molecule has 3 atom stereocenters. The van der Waals surface area contributed by atoms with Crippen molar-refractivity contribution in [3.8, 4) is 22.4 Å². The van der Waals surface area contributed by atoms with Crippen molar-refractivity contribution in [2.24, 2.45) is 16.8 Å². The minimum absolute atomic E-state index is 0.303. The molecule has 3 nitrogen and oxygen atoms in total. The van der Waals surface area contributed by atoms with Gasteiger partial charge in [-0.2, -0.15) is 0 Å². The van der Waals surface area contributed by atoms with Gasteiger partial charge in [0.25, 0.3) is 0 Å². The maximum absolute atomic E-state index is 5.22. The second kappa shape index (κ2) is 12.3.